The summed E-state index contributed by atoms with van der Waals surface area (Å²) in [5.41, 5.74) is 2.91. The summed E-state index contributed by atoms with van der Waals surface area (Å²) in [6.45, 7) is 13.7. The van der Waals surface area contributed by atoms with Crippen molar-refractivity contribution >= 4 is 28.7 Å². The Morgan fingerprint density at radius 1 is 1.02 bits per heavy atom. The molecule has 0 bridgehead atoms. The Kier molecular flexibility index (Phi) is 7.51. The molecule has 4 aromatic rings. The van der Waals surface area contributed by atoms with Crippen LogP contribution in [0, 0.1) is 31.4 Å². The molecule has 5 rings (SSSR count). The molecule has 220 valence electrons. The van der Waals surface area contributed by atoms with Crippen molar-refractivity contribution in [3.63, 3.8) is 0 Å². The number of aromatic nitrogens is 3. The maximum Gasteiger partial charge on any atom is 0.337 e. The summed E-state index contributed by atoms with van der Waals surface area (Å²) in [6.07, 6.45) is 1.88. The zero-order valence-electron chi connectivity index (χ0n) is 24.7. The molecular formula is C32H35F2N5O3. The second kappa shape index (κ2) is 10.8. The van der Waals surface area contributed by atoms with E-state index >= 15 is 0 Å². The number of aromatic carboxylic acids is 1. The number of piperazine rings is 1. The van der Waals surface area contributed by atoms with Gasteiger partial charge in [-0.2, -0.15) is 0 Å². The number of rotatable bonds is 6. The van der Waals surface area contributed by atoms with Gasteiger partial charge in [-0.25, -0.2) is 23.5 Å². The molecule has 0 saturated carbocycles. The summed E-state index contributed by atoms with van der Waals surface area (Å²) >= 11 is 0. The van der Waals surface area contributed by atoms with Crippen LogP contribution in [0.15, 0.2) is 42.6 Å². The van der Waals surface area contributed by atoms with Crippen LogP contribution in [-0.2, 0) is 6.54 Å². The van der Waals surface area contributed by atoms with Crippen LogP contribution in [0.3, 0.4) is 0 Å². The Balaban J connectivity index is 1.45. The second-order valence-electron chi connectivity index (χ2n) is 12.0. The number of benzene rings is 1. The van der Waals surface area contributed by atoms with Gasteiger partial charge < -0.3 is 19.5 Å². The van der Waals surface area contributed by atoms with E-state index in [-0.39, 0.29) is 17.4 Å². The van der Waals surface area contributed by atoms with E-state index in [1.165, 1.54) is 6.07 Å². The van der Waals surface area contributed by atoms with Gasteiger partial charge in [-0.15, -0.1) is 0 Å². The summed E-state index contributed by atoms with van der Waals surface area (Å²) in [4.78, 5) is 38.7. The van der Waals surface area contributed by atoms with E-state index in [0.29, 0.717) is 60.2 Å². The highest BCUT2D eigenvalue weighted by molar-refractivity contribution is 5.99. The van der Waals surface area contributed by atoms with Crippen molar-refractivity contribution in [2.45, 2.75) is 53.6 Å². The average Bonchev–Trinajstić information content (AvgIpc) is 3.25. The summed E-state index contributed by atoms with van der Waals surface area (Å²) in [5.74, 6) is -2.05. The molecule has 0 spiro atoms. The maximum atomic E-state index is 14.1. The minimum atomic E-state index is -0.999. The number of carbonyl (C=O) groups is 2. The standard InChI is InChI=1S/C32H35F2N5O3/c1-18(2)15-38-16-23(21-7-9-24(33)25(34)14-21)22-8-10-26(36-29(22)38)30(40)39-12-11-37(17-32(39,5)6)27-13-19(3)28(31(41)42)20(4)35-27/h7-10,13-14,16,18H,11-12,15,17H2,1-6H3,(H,41,42). The maximum absolute atomic E-state index is 14.1. The number of carbonyl (C=O) groups excluding carboxylic acids is 1. The van der Waals surface area contributed by atoms with Gasteiger partial charge in [0.25, 0.3) is 5.91 Å². The highest BCUT2D eigenvalue weighted by atomic mass is 19.2. The lowest BCUT2D eigenvalue weighted by atomic mass is 9.97. The van der Waals surface area contributed by atoms with Crippen molar-refractivity contribution in [3.05, 3.63) is 76.7 Å². The molecular weight excluding hydrogens is 540 g/mol. The van der Waals surface area contributed by atoms with Gasteiger partial charge in [0, 0.05) is 43.3 Å². The number of fused-ring (bicyclic) bond motifs is 1. The summed E-state index contributed by atoms with van der Waals surface area (Å²) in [5, 5.41) is 10.3. The Morgan fingerprint density at radius 3 is 2.38 bits per heavy atom. The molecule has 0 aliphatic carbocycles. The van der Waals surface area contributed by atoms with Crippen molar-refractivity contribution in [1.29, 1.82) is 0 Å². The minimum Gasteiger partial charge on any atom is -0.478 e. The monoisotopic (exact) mass is 575 g/mol. The van der Waals surface area contributed by atoms with Crippen LogP contribution in [0.25, 0.3) is 22.2 Å². The Bertz CT molecular complexity index is 1690. The molecule has 42 heavy (non-hydrogen) atoms. The molecule has 1 N–H and O–H groups in total. The Morgan fingerprint density at radius 2 is 1.76 bits per heavy atom. The van der Waals surface area contributed by atoms with Gasteiger partial charge in [0.05, 0.1) is 16.8 Å². The molecule has 3 aromatic heterocycles. The van der Waals surface area contributed by atoms with Crippen molar-refractivity contribution in [1.82, 2.24) is 19.4 Å². The smallest absolute Gasteiger partial charge is 0.337 e. The first-order valence-corrected chi connectivity index (χ1v) is 14.0. The molecule has 1 amide bonds. The fourth-order valence-electron chi connectivity index (χ4n) is 5.87. The lowest BCUT2D eigenvalue weighted by Gasteiger charge is -2.47. The number of aryl methyl sites for hydroxylation is 2. The number of nitrogens with zero attached hydrogens (tertiary/aromatic N) is 5. The molecule has 1 fully saturated rings. The number of hydrogen-bond acceptors (Lipinski definition) is 5. The normalized spacial score (nSPS) is 15.1. The molecule has 0 unspecified atom stereocenters. The van der Waals surface area contributed by atoms with Crippen LogP contribution in [0.4, 0.5) is 14.6 Å². The first-order valence-electron chi connectivity index (χ1n) is 14.0. The van der Waals surface area contributed by atoms with E-state index in [1.807, 2.05) is 35.6 Å². The van der Waals surface area contributed by atoms with E-state index in [9.17, 15) is 23.5 Å². The topological polar surface area (TPSA) is 91.6 Å². The second-order valence-corrected chi connectivity index (χ2v) is 12.0. The van der Waals surface area contributed by atoms with Gasteiger partial charge in [-0.1, -0.05) is 19.9 Å². The molecule has 1 aliphatic heterocycles. The largest absolute Gasteiger partial charge is 0.478 e. The SMILES string of the molecule is Cc1cc(N2CCN(C(=O)c3ccc4c(-c5ccc(F)c(F)c5)cn(CC(C)C)c4n3)C(C)(C)C2)nc(C)c1C(=O)O. The number of anilines is 1. The minimum absolute atomic E-state index is 0.199. The van der Waals surface area contributed by atoms with Crippen molar-refractivity contribution in [2.24, 2.45) is 5.92 Å². The zero-order valence-corrected chi connectivity index (χ0v) is 24.7. The number of amides is 1. The third-order valence-electron chi connectivity index (χ3n) is 7.80. The van der Waals surface area contributed by atoms with Crippen LogP contribution in [-0.4, -0.2) is 61.6 Å². The van der Waals surface area contributed by atoms with E-state index in [2.05, 4.69) is 23.7 Å². The Labute approximate surface area is 243 Å². The number of pyridine rings is 2. The van der Waals surface area contributed by atoms with Crippen LogP contribution in [0.2, 0.25) is 0 Å². The highest BCUT2D eigenvalue weighted by Crippen LogP contribution is 2.33. The molecule has 10 heteroatoms. The predicted molar refractivity (Wildman–Crippen MR) is 158 cm³/mol. The van der Waals surface area contributed by atoms with Gasteiger partial charge in [-0.3, -0.25) is 4.79 Å². The van der Waals surface area contributed by atoms with Gasteiger partial charge >= 0.3 is 5.97 Å². The van der Waals surface area contributed by atoms with Crippen LogP contribution >= 0.6 is 0 Å². The first-order chi connectivity index (χ1) is 19.8. The molecule has 1 aliphatic rings. The number of carboxylic acid groups (broad SMARTS) is 1. The van der Waals surface area contributed by atoms with Crippen LogP contribution in [0.1, 0.15) is 59.8 Å². The van der Waals surface area contributed by atoms with Gasteiger partial charge in [-0.05, 0) is 75.1 Å². The molecule has 4 heterocycles. The first kappa shape index (κ1) is 29.2. The van der Waals surface area contributed by atoms with Gasteiger partial charge in [0.2, 0.25) is 0 Å². The van der Waals surface area contributed by atoms with E-state index in [1.54, 1.807) is 32.0 Å². The fourth-order valence-corrected chi connectivity index (χ4v) is 5.87. The molecule has 0 radical (unpaired) electrons. The summed E-state index contributed by atoms with van der Waals surface area (Å²) < 4.78 is 29.7. The summed E-state index contributed by atoms with van der Waals surface area (Å²) in [7, 11) is 0. The average molecular weight is 576 g/mol. The van der Waals surface area contributed by atoms with E-state index in [0.717, 1.165) is 17.0 Å². The molecule has 1 aromatic carbocycles. The zero-order chi connectivity index (χ0) is 30.5. The molecule has 0 atom stereocenters. The highest BCUT2D eigenvalue weighted by Gasteiger charge is 2.38. The van der Waals surface area contributed by atoms with Crippen LogP contribution in [0.5, 0.6) is 0 Å². The Hall–Kier alpha value is -4.34. The molecule has 1 saturated heterocycles. The van der Waals surface area contributed by atoms with Gasteiger partial charge in [0.15, 0.2) is 11.6 Å². The van der Waals surface area contributed by atoms with Crippen LogP contribution < -0.4 is 4.90 Å². The van der Waals surface area contributed by atoms with E-state index < -0.39 is 23.1 Å². The predicted octanol–water partition coefficient (Wildman–Crippen LogP) is 6.09. The number of hydrogen-bond donors (Lipinski definition) is 1. The summed E-state index contributed by atoms with van der Waals surface area (Å²) in [6, 6.07) is 9.13. The fraction of sp³-hybridized carbons (Fsp3) is 0.375. The van der Waals surface area contributed by atoms with Gasteiger partial charge in [0.1, 0.15) is 17.2 Å². The van der Waals surface area contributed by atoms with Crippen molar-refractivity contribution < 1.29 is 23.5 Å². The quantitative estimate of drug-likeness (QED) is 0.299. The molecule has 8 nitrogen and oxygen atoms in total. The third-order valence-corrected chi connectivity index (χ3v) is 7.80. The van der Waals surface area contributed by atoms with Crippen molar-refractivity contribution in [3.8, 4) is 11.1 Å². The lowest BCUT2D eigenvalue weighted by molar-refractivity contribution is 0.0507. The third kappa shape index (κ3) is 5.33. The lowest BCUT2D eigenvalue weighted by Crippen LogP contribution is -2.61. The van der Waals surface area contributed by atoms with E-state index in [4.69, 9.17) is 4.98 Å². The number of carboxylic acids is 1. The number of halogens is 2. The van der Waals surface area contributed by atoms with Crippen molar-refractivity contribution in [2.75, 3.05) is 24.5 Å².